The number of nitrogens with zero attached hydrogens (tertiary/aromatic N) is 1. The molecule has 0 aromatic heterocycles. The molecule has 0 radical (unpaired) electrons. The Morgan fingerprint density at radius 3 is 2.71 bits per heavy atom. The number of benzene rings is 1. The van der Waals surface area contributed by atoms with Crippen LogP contribution in [0.25, 0.3) is 0 Å². The third-order valence-electron chi connectivity index (χ3n) is 2.60. The van der Waals surface area contributed by atoms with Gasteiger partial charge in [0.2, 0.25) is 5.91 Å². The summed E-state index contributed by atoms with van der Waals surface area (Å²) in [5, 5.41) is 0. The molecule has 2 nitrogen and oxygen atoms in total. The molecule has 0 saturated heterocycles. The zero-order valence-corrected chi connectivity index (χ0v) is 11.9. The fraction of sp³-hybridized carbons (Fsp3) is 0.500. The van der Waals surface area contributed by atoms with Crippen molar-refractivity contribution < 1.29 is 4.79 Å². The van der Waals surface area contributed by atoms with Crippen LogP contribution < -0.4 is 4.90 Å². The van der Waals surface area contributed by atoms with Gasteiger partial charge in [-0.1, -0.05) is 19.9 Å². The summed E-state index contributed by atoms with van der Waals surface area (Å²) in [4.78, 5) is 15.0. The predicted molar refractivity (Wildman–Crippen MR) is 75.9 cm³/mol. The molecule has 3 heteroatoms. The number of hydrogen-bond acceptors (Lipinski definition) is 2. The molecule has 1 aromatic carbocycles. The number of anilines is 1. The van der Waals surface area contributed by atoms with Gasteiger partial charge in [0.05, 0.1) is 5.69 Å². The van der Waals surface area contributed by atoms with Gasteiger partial charge in [-0.2, -0.15) is 0 Å². The molecule has 17 heavy (non-hydrogen) atoms. The molecule has 94 valence electrons. The van der Waals surface area contributed by atoms with Crippen LogP contribution in [0.4, 0.5) is 5.69 Å². The van der Waals surface area contributed by atoms with E-state index in [9.17, 15) is 4.79 Å². The van der Waals surface area contributed by atoms with Crippen LogP contribution in [0, 0.1) is 6.92 Å². The molecule has 0 fully saturated rings. The van der Waals surface area contributed by atoms with E-state index in [4.69, 9.17) is 0 Å². The van der Waals surface area contributed by atoms with Crippen molar-refractivity contribution in [3.63, 3.8) is 0 Å². The van der Waals surface area contributed by atoms with E-state index >= 15 is 0 Å². The summed E-state index contributed by atoms with van der Waals surface area (Å²) in [5.74, 6) is 1.14. The highest BCUT2D eigenvalue weighted by Crippen LogP contribution is 2.34. The van der Waals surface area contributed by atoms with Gasteiger partial charge in [0.25, 0.3) is 0 Å². The first kappa shape index (κ1) is 14.1. The van der Waals surface area contributed by atoms with Crippen molar-refractivity contribution in [2.75, 3.05) is 17.2 Å². The Morgan fingerprint density at radius 2 is 2.06 bits per heavy atom. The van der Waals surface area contributed by atoms with Crippen LogP contribution >= 0.6 is 11.8 Å². The van der Waals surface area contributed by atoms with Crippen molar-refractivity contribution in [1.29, 1.82) is 0 Å². The lowest BCUT2D eigenvalue weighted by Crippen LogP contribution is -2.30. The molecule has 0 saturated carbocycles. The topological polar surface area (TPSA) is 20.3 Å². The fourth-order valence-corrected chi connectivity index (χ4v) is 2.80. The van der Waals surface area contributed by atoms with Gasteiger partial charge in [0.1, 0.15) is 0 Å². The van der Waals surface area contributed by atoms with Gasteiger partial charge in [-0.3, -0.25) is 4.79 Å². The largest absolute Gasteiger partial charge is 0.312 e. The van der Waals surface area contributed by atoms with Crippen LogP contribution in [0.5, 0.6) is 0 Å². The number of rotatable bonds is 1. The van der Waals surface area contributed by atoms with E-state index < -0.39 is 0 Å². The normalized spacial score (nSPS) is 14.6. The molecule has 1 aromatic rings. The summed E-state index contributed by atoms with van der Waals surface area (Å²) < 4.78 is 0. The molecule has 1 amide bonds. The maximum atomic E-state index is 11.8. The number of fused-ring (bicyclic) bond motifs is 1. The summed E-state index contributed by atoms with van der Waals surface area (Å²) in [7, 11) is 0. The first-order chi connectivity index (χ1) is 8.22. The molecule has 0 aliphatic carbocycles. The van der Waals surface area contributed by atoms with Crippen LogP contribution in [-0.4, -0.2) is 18.2 Å². The molecular formula is C14H21NOS. The SMILES string of the molecule is CC.CCN1C(=O)CCSc2ccc(C)cc21. The third kappa shape index (κ3) is 3.25. The minimum Gasteiger partial charge on any atom is -0.312 e. The van der Waals surface area contributed by atoms with Crippen molar-refractivity contribution >= 4 is 23.4 Å². The van der Waals surface area contributed by atoms with E-state index in [-0.39, 0.29) is 5.91 Å². The monoisotopic (exact) mass is 251 g/mol. The van der Waals surface area contributed by atoms with Gasteiger partial charge >= 0.3 is 0 Å². The van der Waals surface area contributed by atoms with Gasteiger partial charge in [-0.15, -0.1) is 11.8 Å². The molecule has 0 spiro atoms. The van der Waals surface area contributed by atoms with E-state index in [0.717, 1.165) is 18.0 Å². The van der Waals surface area contributed by atoms with Crippen molar-refractivity contribution in [3.8, 4) is 0 Å². The van der Waals surface area contributed by atoms with Crippen molar-refractivity contribution in [1.82, 2.24) is 0 Å². The smallest absolute Gasteiger partial charge is 0.227 e. The predicted octanol–water partition coefficient (Wildman–Crippen LogP) is 3.87. The summed E-state index contributed by atoms with van der Waals surface area (Å²) >= 11 is 1.78. The summed E-state index contributed by atoms with van der Waals surface area (Å²) in [6, 6.07) is 6.33. The highest BCUT2D eigenvalue weighted by Gasteiger charge is 2.20. The standard InChI is InChI=1S/C12H15NOS.C2H6/c1-3-13-10-8-9(2)4-5-11(10)15-7-6-12(13)14;1-2/h4-5,8H,3,6-7H2,1-2H3;1-2H3. The Bertz CT molecular complexity index is 390. The Labute approximate surface area is 108 Å². The molecule has 0 N–H and O–H groups in total. The Morgan fingerprint density at radius 1 is 1.35 bits per heavy atom. The Kier molecular flexibility index (Phi) is 5.56. The average Bonchev–Trinajstić information content (AvgIpc) is 2.49. The molecule has 2 rings (SSSR count). The van der Waals surface area contributed by atoms with Crippen LogP contribution in [0.1, 0.15) is 32.8 Å². The molecule has 0 unspecified atom stereocenters. The minimum absolute atomic E-state index is 0.245. The number of carbonyl (C=O) groups is 1. The van der Waals surface area contributed by atoms with Crippen LogP contribution in [-0.2, 0) is 4.79 Å². The maximum Gasteiger partial charge on any atom is 0.227 e. The van der Waals surface area contributed by atoms with E-state index in [1.807, 2.05) is 25.7 Å². The van der Waals surface area contributed by atoms with Crippen molar-refractivity contribution in [2.24, 2.45) is 0 Å². The number of thioether (sulfide) groups is 1. The zero-order valence-electron chi connectivity index (χ0n) is 11.1. The Balaban J connectivity index is 0.000000686. The van der Waals surface area contributed by atoms with Gasteiger partial charge in [-0.25, -0.2) is 0 Å². The quantitative estimate of drug-likeness (QED) is 0.755. The van der Waals surface area contributed by atoms with E-state index in [0.29, 0.717) is 6.42 Å². The molecular weight excluding hydrogens is 230 g/mol. The molecule has 1 heterocycles. The lowest BCUT2D eigenvalue weighted by molar-refractivity contribution is -0.118. The van der Waals surface area contributed by atoms with Gasteiger partial charge in [-0.05, 0) is 31.5 Å². The summed E-state index contributed by atoms with van der Waals surface area (Å²) in [5.41, 5.74) is 2.30. The maximum absolute atomic E-state index is 11.8. The number of aryl methyl sites for hydroxylation is 1. The fourth-order valence-electron chi connectivity index (χ4n) is 1.82. The van der Waals surface area contributed by atoms with E-state index in [2.05, 4.69) is 25.1 Å². The molecule has 1 aliphatic rings. The van der Waals surface area contributed by atoms with E-state index in [1.54, 1.807) is 11.8 Å². The second kappa shape index (κ2) is 6.70. The highest BCUT2D eigenvalue weighted by atomic mass is 32.2. The first-order valence-electron chi connectivity index (χ1n) is 6.26. The average molecular weight is 251 g/mol. The second-order valence-electron chi connectivity index (χ2n) is 3.71. The van der Waals surface area contributed by atoms with Crippen molar-refractivity contribution in [2.45, 2.75) is 39.0 Å². The first-order valence-corrected chi connectivity index (χ1v) is 7.24. The summed E-state index contributed by atoms with van der Waals surface area (Å²) in [6.45, 7) is 8.85. The molecule has 0 atom stereocenters. The van der Waals surface area contributed by atoms with Gasteiger partial charge in [0, 0.05) is 23.6 Å². The second-order valence-corrected chi connectivity index (χ2v) is 4.84. The summed E-state index contributed by atoms with van der Waals surface area (Å²) in [6.07, 6.45) is 0.645. The van der Waals surface area contributed by atoms with Crippen LogP contribution in [0.2, 0.25) is 0 Å². The van der Waals surface area contributed by atoms with Crippen LogP contribution in [0.3, 0.4) is 0 Å². The minimum atomic E-state index is 0.245. The van der Waals surface area contributed by atoms with Gasteiger partial charge in [0.15, 0.2) is 0 Å². The van der Waals surface area contributed by atoms with E-state index in [1.165, 1.54) is 10.5 Å². The highest BCUT2D eigenvalue weighted by molar-refractivity contribution is 7.99. The zero-order chi connectivity index (χ0) is 12.8. The van der Waals surface area contributed by atoms with Crippen LogP contribution in [0.15, 0.2) is 23.1 Å². The van der Waals surface area contributed by atoms with Gasteiger partial charge < -0.3 is 4.90 Å². The Hall–Kier alpha value is -0.960. The lowest BCUT2D eigenvalue weighted by Gasteiger charge is -2.21. The molecule has 1 aliphatic heterocycles. The molecule has 0 bridgehead atoms. The third-order valence-corrected chi connectivity index (χ3v) is 3.66. The number of amides is 1. The number of hydrogen-bond donors (Lipinski definition) is 0. The number of carbonyl (C=O) groups excluding carboxylic acids is 1. The lowest BCUT2D eigenvalue weighted by atomic mass is 10.2. The van der Waals surface area contributed by atoms with Crippen molar-refractivity contribution in [3.05, 3.63) is 23.8 Å².